The zero-order valence-electron chi connectivity index (χ0n) is 13.0. The van der Waals surface area contributed by atoms with Crippen molar-refractivity contribution < 1.29 is 4.39 Å². The van der Waals surface area contributed by atoms with Crippen LogP contribution >= 0.6 is 36.4 Å². The summed E-state index contributed by atoms with van der Waals surface area (Å²) < 4.78 is 13.3. The van der Waals surface area contributed by atoms with Gasteiger partial charge < -0.3 is 5.32 Å². The highest BCUT2D eigenvalue weighted by Gasteiger charge is 2.23. The first kappa shape index (κ1) is 21.9. The lowest BCUT2D eigenvalue weighted by Crippen LogP contribution is -2.45. The van der Waals surface area contributed by atoms with E-state index >= 15 is 0 Å². The molecule has 6 heteroatoms. The van der Waals surface area contributed by atoms with E-state index in [-0.39, 0.29) is 30.6 Å². The number of benzene rings is 1. The van der Waals surface area contributed by atoms with Gasteiger partial charge in [-0.1, -0.05) is 43.9 Å². The predicted octanol–water partition coefficient (Wildman–Crippen LogP) is 4.85. The fraction of sp³-hybridized carbons (Fsp3) is 0.625. The molecule has 1 heterocycles. The fourth-order valence-corrected chi connectivity index (χ4v) is 3.18. The highest BCUT2D eigenvalue weighted by Crippen LogP contribution is 2.32. The number of hydrogen-bond acceptors (Lipinski definition) is 2. The van der Waals surface area contributed by atoms with E-state index in [0.717, 1.165) is 38.2 Å². The van der Waals surface area contributed by atoms with Gasteiger partial charge in [0.1, 0.15) is 5.82 Å². The number of rotatable bonds is 6. The summed E-state index contributed by atoms with van der Waals surface area (Å²) in [5.41, 5.74) is 1.08. The molecular weight excluding hydrogens is 346 g/mol. The number of nitrogens with zero attached hydrogens (tertiary/aromatic N) is 1. The number of halogens is 4. The Hall–Kier alpha value is -0.0600. The summed E-state index contributed by atoms with van der Waals surface area (Å²) in [6, 6.07) is 5.13. The van der Waals surface area contributed by atoms with Crippen molar-refractivity contribution in [3.8, 4) is 0 Å². The zero-order chi connectivity index (χ0) is 14.4. The van der Waals surface area contributed by atoms with Crippen LogP contribution in [0.3, 0.4) is 0 Å². The van der Waals surface area contributed by atoms with Gasteiger partial charge in [0.05, 0.1) is 0 Å². The van der Waals surface area contributed by atoms with E-state index in [1.54, 1.807) is 0 Å². The number of hydrogen-bond donors (Lipinski definition) is 1. The van der Waals surface area contributed by atoms with Crippen LogP contribution in [-0.2, 0) is 0 Å². The average molecular weight is 372 g/mol. The normalized spacial score (nSPS) is 16.5. The largest absolute Gasteiger partial charge is 0.314 e. The van der Waals surface area contributed by atoms with Crippen molar-refractivity contribution in [1.29, 1.82) is 0 Å². The van der Waals surface area contributed by atoms with Gasteiger partial charge in [-0.2, -0.15) is 0 Å². The first-order valence-electron chi connectivity index (χ1n) is 7.62. The lowest BCUT2D eigenvalue weighted by Gasteiger charge is -2.35. The fourth-order valence-electron chi connectivity index (χ4n) is 2.89. The van der Waals surface area contributed by atoms with E-state index < -0.39 is 0 Å². The van der Waals surface area contributed by atoms with Gasteiger partial charge in [-0.05, 0) is 24.1 Å². The van der Waals surface area contributed by atoms with Crippen LogP contribution in [0.15, 0.2) is 18.2 Å². The molecule has 0 aliphatic carbocycles. The second kappa shape index (κ2) is 11.5. The van der Waals surface area contributed by atoms with Gasteiger partial charge in [0, 0.05) is 37.2 Å². The van der Waals surface area contributed by atoms with Crippen LogP contribution in [0.5, 0.6) is 0 Å². The third-order valence-electron chi connectivity index (χ3n) is 3.99. The summed E-state index contributed by atoms with van der Waals surface area (Å²) in [5.74, 6) is -0.258. The Kier molecular flexibility index (Phi) is 11.4. The zero-order valence-corrected chi connectivity index (χ0v) is 15.4. The molecule has 1 aliphatic rings. The van der Waals surface area contributed by atoms with Crippen molar-refractivity contribution >= 4 is 36.4 Å². The van der Waals surface area contributed by atoms with Gasteiger partial charge >= 0.3 is 0 Å². The van der Waals surface area contributed by atoms with Gasteiger partial charge in [-0.15, -0.1) is 24.8 Å². The Morgan fingerprint density at radius 1 is 1.23 bits per heavy atom. The first-order valence-corrected chi connectivity index (χ1v) is 8.00. The standard InChI is InChI=1S/C16H24ClFN2.2ClH/c1-2-3-4-5-16(20-10-8-19-9-11-20)14-7-6-13(18)12-15(14)17;;/h6-7,12,16,19H,2-5,8-11H2,1H3;2*1H/t16-;;/m0../s1. The predicted molar refractivity (Wildman–Crippen MR) is 97.2 cm³/mol. The summed E-state index contributed by atoms with van der Waals surface area (Å²) in [4.78, 5) is 2.48. The lowest BCUT2D eigenvalue weighted by molar-refractivity contribution is 0.162. The smallest absolute Gasteiger partial charge is 0.124 e. The molecule has 1 N–H and O–H groups in total. The molecule has 1 aromatic rings. The lowest BCUT2D eigenvalue weighted by atomic mass is 9.98. The molecule has 2 nitrogen and oxygen atoms in total. The maximum Gasteiger partial charge on any atom is 0.124 e. The molecule has 0 saturated carbocycles. The Bertz CT molecular complexity index is 426. The van der Waals surface area contributed by atoms with Gasteiger partial charge in [-0.25, -0.2) is 4.39 Å². The van der Waals surface area contributed by atoms with E-state index in [0.29, 0.717) is 11.1 Å². The van der Waals surface area contributed by atoms with E-state index in [1.807, 2.05) is 6.07 Å². The van der Waals surface area contributed by atoms with E-state index in [1.165, 1.54) is 31.4 Å². The van der Waals surface area contributed by atoms with Crippen LogP contribution in [0.2, 0.25) is 5.02 Å². The summed E-state index contributed by atoms with van der Waals surface area (Å²) in [5, 5.41) is 3.94. The van der Waals surface area contributed by atoms with E-state index in [4.69, 9.17) is 11.6 Å². The Morgan fingerprint density at radius 2 is 1.91 bits per heavy atom. The molecule has 1 saturated heterocycles. The van der Waals surface area contributed by atoms with Crippen LogP contribution in [0, 0.1) is 5.82 Å². The second-order valence-electron chi connectivity index (χ2n) is 5.46. The highest BCUT2D eigenvalue weighted by molar-refractivity contribution is 6.31. The third-order valence-corrected chi connectivity index (χ3v) is 4.32. The molecule has 2 rings (SSSR count). The van der Waals surface area contributed by atoms with Crippen molar-refractivity contribution in [3.63, 3.8) is 0 Å². The molecule has 1 fully saturated rings. The van der Waals surface area contributed by atoms with Crippen LogP contribution in [0.1, 0.15) is 44.2 Å². The SMILES string of the molecule is CCCCC[C@@H](c1ccc(F)cc1Cl)N1CCNCC1.Cl.Cl. The summed E-state index contributed by atoms with van der Waals surface area (Å²) >= 11 is 6.27. The van der Waals surface area contributed by atoms with Crippen molar-refractivity contribution in [2.75, 3.05) is 26.2 Å². The minimum absolute atomic E-state index is 0. The van der Waals surface area contributed by atoms with Crippen molar-refractivity contribution in [3.05, 3.63) is 34.6 Å². The van der Waals surface area contributed by atoms with Gasteiger partial charge in [0.2, 0.25) is 0 Å². The van der Waals surface area contributed by atoms with Crippen LogP contribution in [-0.4, -0.2) is 31.1 Å². The van der Waals surface area contributed by atoms with E-state index in [2.05, 4.69) is 17.1 Å². The Labute approximate surface area is 150 Å². The molecule has 0 spiro atoms. The molecule has 128 valence electrons. The molecule has 1 atom stereocenters. The molecule has 0 bridgehead atoms. The monoisotopic (exact) mass is 370 g/mol. The first-order chi connectivity index (χ1) is 9.72. The second-order valence-corrected chi connectivity index (χ2v) is 5.87. The third kappa shape index (κ3) is 6.21. The van der Waals surface area contributed by atoms with Gasteiger partial charge in [0.25, 0.3) is 0 Å². The molecule has 1 aliphatic heterocycles. The van der Waals surface area contributed by atoms with Crippen LogP contribution < -0.4 is 5.32 Å². The van der Waals surface area contributed by atoms with Crippen molar-refractivity contribution in [2.45, 2.75) is 38.6 Å². The van der Waals surface area contributed by atoms with Crippen LogP contribution in [0.4, 0.5) is 4.39 Å². The van der Waals surface area contributed by atoms with Gasteiger partial charge in [-0.3, -0.25) is 4.90 Å². The molecule has 1 aromatic carbocycles. The number of piperazine rings is 1. The Morgan fingerprint density at radius 3 is 2.50 bits per heavy atom. The molecule has 0 unspecified atom stereocenters. The highest BCUT2D eigenvalue weighted by atomic mass is 35.5. The average Bonchev–Trinajstić information content (AvgIpc) is 2.46. The minimum atomic E-state index is -0.258. The minimum Gasteiger partial charge on any atom is -0.314 e. The molecule has 0 aromatic heterocycles. The molecular formula is C16H26Cl3FN2. The maximum atomic E-state index is 13.3. The van der Waals surface area contributed by atoms with Gasteiger partial charge in [0.15, 0.2) is 0 Å². The molecule has 22 heavy (non-hydrogen) atoms. The maximum absolute atomic E-state index is 13.3. The Balaban J connectivity index is 0.00000220. The summed E-state index contributed by atoms with van der Waals surface area (Å²) in [6.07, 6.45) is 4.74. The summed E-state index contributed by atoms with van der Waals surface area (Å²) in [6.45, 7) is 6.31. The van der Waals surface area contributed by atoms with Crippen molar-refractivity contribution in [2.24, 2.45) is 0 Å². The van der Waals surface area contributed by atoms with Crippen LogP contribution in [0.25, 0.3) is 0 Å². The molecule has 0 radical (unpaired) electrons. The summed E-state index contributed by atoms with van der Waals surface area (Å²) in [7, 11) is 0. The quantitative estimate of drug-likeness (QED) is 0.719. The number of nitrogens with one attached hydrogen (secondary N) is 1. The topological polar surface area (TPSA) is 15.3 Å². The molecule has 0 amide bonds. The van der Waals surface area contributed by atoms with E-state index in [9.17, 15) is 4.39 Å². The van der Waals surface area contributed by atoms with Crippen molar-refractivity contribution in [1.82, 2.24) is 10.2 Å². The number of unbranched alkanes of at least 4 members (excludes halogenated alkanes) is 2.